The van der Waals surface area contributed by atoms with E-state index in [1.807, 2.05) is 12.2 Å². The highest BCUT2D eigenvalue weighted by Crippen LogP contribution is 2.44. The lowest BCUT2D eigenvalue weighted by molar-refractivity contribution is -0.139. The monoisotopic (exact) mass is 208 g/mol. The molecule has 0 fully saturated rings. The van der Waals surface area contributed by atoms with Gasteiger partial charge in [-0.15, -0.1) is 0 Å². The number of allylic oxidation sites excluding steroid dienone is 2. The normalized spacial score (nSPS) is 27.1. The van der Waals surface area contributed by atoms with Gasteiger partial charge in [-0.1, -0.05) is 12.2 Å². The zero-order valence-corrected chi connectivity index (χ0v) is 8.65. The Hall–Kier alpha value is -1.58. The minimum absolute atomic E-state index is 0.0246. The number of esters is 2. The van der Waals surface area contributed by atoms with Crippen molar-refractivity contribution < 1.29 is 19.1 Å². The molecule has 0 aromatic rings. The standard InChI is InChI=1S/C11H12O4/c1-14-10(12)8-6-3-4-7(5-6)9(8)11(13)15-2/h3-4,6-7H,5H2,1-2H3/t6-,7-/m1/s1. The van der Waals surface area contributed by atoms with Gasteiger partial charge in [0.15, 0.2) is 0 Å². The van der Waals surface area contributed by atoms with E-state index >= 15 is 0 Å². The van der Waals surface area contributed by atoms with Crippen LogP contribution in [-0.2, 0) is 19.1 Å². The molecule has 0 unspecified atom stereocenters. The Morgan fingerprint density at radius 3 is 1.80 bits per heavy atom. The van der Waals surface area contributed by atoms with E-state index in [4.69, 9.17) is 0 Å². The van der Waals surface area contributed by atoms with Crippen molar-refractivity contribution in [3.05, 3.63) is 23.3 Å². The maximum Gasteiger partial charge on any atom is 0.334 e. The lowest BCUT2D eigenvalue weighted by Crippen LogP contribution is -2.17. The van der Waals surface area contributed by atoms with E-state index in [-0.39, 0.29) is 11.8 Å². The van der Waals surface area contributed by atoms with Gasteiger partial charge < -0.3 is 9.47 Å². The molecule has 0 saturated carbocycles. The smallest absolute Gasteiger partial charge is 0.334 e. The SMILES string of the molecule is COC(=O)C1=C(C(=O)OC)[C@@H]2C=C[C@@H]1C2. The molecule has 80 valence electrons. The van der Waals surface area contributed by atoms with Gasteiger partial charge in [-0.2, -0.15) is 0 Å². The quantitative estimate of drug-likeness (QED) is 0.498. The number of hydrogen-bond donors (Lipinski definition) is 0. The lowest BCUT2D eigenvalue weighted by atomic mass is 9.97. The summed E-state index contributed by atoms with van der Waals surface area (Å²) in [4.78, 5) is 23.0. The summed E-state index contributed by atoms with van der Waals surface area (Å²) < 4.78 is 9.35. The highest BCUT2D eigenvalue weighted by Gasteiger charge is 2.42. The molecule has 0 aliphatic heterocycles. The maximum absolute atomic E-state index is 11.5. The molecular weight excluding hydrogens is 196 g/mol. The third-order valence-corrected chi connectivity index (χ3v) is 2.93. The minimum atomic E-state index is -0.424. The number of fused-ring (bicyclic) bond motifs is 2. The van der Waals surface area contributed by atoms with E-state index in [9.17, 15) is 9.59 Å². The molecule has 2 aliphatic carbocycles. The van der Waals surface area contributed by atoms with Gasteiger partial charge in [0, 0.05) is 11.8 Å². The van der Waals surface area contributed by atoms with Crippen LogP contribution in [0.2, 0.25) is 0 Å². The first kappa shape index (κ1) is 9.96. The number of carbonyl (C=O) groups excluding carboxylic acids is 2. The van der Waals surface area contributed by atoms with Crippen LogP contribution < -0.4 is 0 Å². The van der Waals surface area contributed by atoms with E-state index in [2.05, 4.69) is 9.47 Å². The highest BCUT2D eigenvalue weighted by molar-refractivity contribution is 6.03. The van der Waals surface area contributed by atoms with E-state index in [1.54, 1.807) is 0 Å². The van der Waals surface area contributed by atoms with Crippen LogP contribution in [0.3, 0.4) is 0 Å². The van der Waals surface area contributed by atoms with Gasteiger partial charge in [0.1, 0.15) is 0 Å². The van der Waals surface area contributed by atoms with Crippen molar-refractivity contribution in [2.45, 2.75) is 6.42 Å². The maximum atomic E-state index is 11.5. The highest BCUT2D eigenvalue weighted by atomic mass is 16.5. The Bertz CT molecular complexity index is 344. The third kappa shape index (κ3) is 1.37. The summed E-state index contributed by atoms with van der Waals surface area (Å²) >= 11 is 0. The van der Waals surface area contributed by atoms with Gasteiger partial charge in [0.25, 0.3) is 0 Å². The molecule has 0 aromatic carbocycles. The second kappa shape index (κ2) is 3.53. The number of rotatable bonds is 2. The summed E-state index contributed by atoms with van der Waals surface area (Å²) in [5, 5.41) is 0. The van der Waals surface area contributed by atoms with Crippen LogP contribution in [0.4, 0.5) is 0 Å². The molecule has 0 heterocycles. The first-order valence-electron chi connectivity index (χ1n) is 4.78. The summed E-state index contributed by atoms with van der Waals surface area (Å²) in [6, 6.07) is 0. The van der Waals surface area contributed by atoms with Crippen LogP contribution in [0, 0.1) is 11.8 Å². The number of methoxy groups -OCH3 is 2. The molecule has 2 atom stereocenters. The topological polar surface area (TPSA) is 52.6 Å². The van der Waals surface area contributed by atoms with Crippen LogP contribution in [0.5, 0.6) is 0 Å². The molecule has 0 saturated heterocycles. The Balaban J connectivity index is 2.40. The number of ether oxygens (including phenoxy) is 2. The molecule has 15 heavy (non-hydrogen) atoms. The summed E-state index contributed by atoms with van der Waals surface area (Å²) in [7, 11) is 2.64. The zero-order valence-electron chi connectivity index (χ0n) is 8.65. The summed E-state index contributed by atoms with van der Waals surface area (Å²) in [6.45, 7) is 0. The third-order valence-electron chi connectivity index (χ3n) is 2.93. The van der Waals surface area contributed by atoms with Crippen LogP contribution in [0.25, 0.3) is 0 Å². The molecule has 0 N–H and O–H groups in total. The van der Waals surface area contributed by atoms with Gasteiger partial charge in [0.2, 0.25) is 0 Å². The van der Waals surface area contributed by atoms with Crippen molar-refractivity contribution in [3.63, 3.8) is 0 Å². The average molecular weight is 208 g/mol. The van der Waals surface area contributed by atoms with Crippen molar-refractivity contribution in [2.24, 2.45) is 11.8 Å². The molecule has 4 nitrogen and oxygen atoms in total. The zero-order chi connectivity index (χ0) is 11.0. The van der Waals surface area contributed by atoms with Crippen molar-refractivity contribution in [1.29, 1.82) is 0 Å². The largest absolute Gasteiger partial charge is 0.466 e. The minimum Gasteiger partial charge on any atom is -0.466 e. The van der Waals surface area contributed by atoms with E-state index < -0.39 is 11.9 Å². The molecule has 0 spiro atoms. The first-order valence-corrected chi connectivity index (χ1v) is 4.78. The molecule has 0 radical (unpaired) electrons. The van der Waals surface area contributed by atoms with Crippen LogP contribution in [-0.4, -0.2) is 26.2 Å². The van der Waals surface area contributed by atoms with Gasteiger partial charge in [-0.25, -0.2) is 9.59 Å². The van der Waals surface area contributed by atoms with Crippen molar-refractivity contribution in [1.82, 2.24) is 0 Å². The Morgan fingerprint density at radius 2 is 1.47 bits per heavy atom. The van der Waals surface area contributed by atoms with E-state index in [0.717, 1.165) is 6.42 Å². The van der Waals surface area contributed by atoms with Gasteiger partial charge in [-0.05, 0) is 6.42 Å². The number of hydrogen-bond acceptors (Lipinski definition) is 4. The lowest BCUT2D eigenvalue weighted by Gasteiger charge is -2.12. The predicted octanol–water partition coefficient (Wildman–Crippen LogP) is 0.835. The van der Waals surface area contributed by atoms with Gasteiger partial charge in [-0.3, -0.25) is 0 Å². The van der Waals surface area contributed by atoms with Gasteiger partial charge in [0.05, 0.1) is 25.4 Å². The Morgan fingerprint density at radius 1 is 1.07 bits per heavy atom. The first-order chi connectivity index (χ1) is 7.19. The van der Waals surface area contributed by atoms with E-state index in [1.165, 1.54) is 14.2 Å². The fourth-order valence-corrected chi connectivity index (χ4v) is 2.27. The summed E-state index contributed by atoms with van der Waals surface area (Å²) in [6.07, 6.45) is 4.68. The van der Waals surface area contributed by atoms with Crippen LogP contribution >= 0.6 is 0 Å². The second-order valence-electron chi connectivity index (χ2n) is 3.64. The van der Waals surface area contributed by atoms with Crippen LogP contribution in [0.1, 0.15) is 6.42 Å². The Labute approximate surface area is 87.5 Å². The van der Waals surface area contributed by atoms with E-state index in [0.29, 0.717) is 11.1 Å². The second-order valence-corrected chi connectivity index (χ2v) is 3.64. The van der Waals surface area contributed by atoms with Crippen molar-refractivity contribution in [2.75, 3.05) is 14.2 Å². The summed E-state index contributed by atoms with van der Waals surface area (Å²) in [5.41, 5.74) is 0.939. The summed E-state index contributed by atoms with van der Waals surface area (Å²) in [5.74, 6) is -0.799. The Kier molecular flexibility index (Phi) is 2.34. The van der Waals surface area contributed by atoms with Gasteiger partial charge >= 0.3 is 11.9 Å². The molecule has 2 rings (SSSR count). The fourth-order valence-electron chi connectivity index (χ4n) is 2.27. The van der Waals surface area contributed by atoms with Crippen molar-refractivity contribution >= 4 is 11.9 Å². The molecular formula is C11H12O4. The molecule has 2 bridgehead atoms. The predicted molar refractivity (Wildman–Crippen MR) is 51.8 cm³/mol. The fraction of sp³-hybridized carbons (Fsp3) is 0.455. The van der Waals surface area contributed by atoms with Crippen LogP contribution in [0.15, 0.2) is 23.3 Å². The molecule has 0 aromatic heterocycles. The average Bonchev–Trinajstić information content (AvgIpc) is 2.86. The molecule has 2 aliphatic rings. The molecule has 4 heteroatoms. The number of carbonyl (C=O) groups is 2. The van der Waals surface area contributed by atoms with Crippen molar-refractivity contribution in [3.8, 4) is 0 Å². The molecule has 0 amide bonds.